The van der Waals surface area contributed by atoms with Crippen molar-refractivity contribution in [2.75, 3.05) is 5.32 Å². The largest absolute Gasteiger partial charge is 0.463 e. The monoisotopic (exact) mass is 191 g/mol. The summed E-state index contributed by atoms with van der Waals surface area (Å²) in [5.74, 6) is 0.00783. The lowest BCUT2D eigenvalue weighted by Crippen LogP contribution is -2.03. The van der Waals surface area contributed by atoms with E-state index in [-0.39, 0.29) is 12.5 Å². The van der Waals surface area contributed by atoms with Crippen LogP contribution in [-0.2, 0) is 27.4 Å². The van der Waals surface area contributed by atoms with Crippen molar-refractivity contribution in [3.05, 3.63) is 29.3 Å². The molecule has 4 nitrogen and oxygen atoms in total. The average Bonchev–Trinajstić information content (AvgIpc) is 2.54. The van der Waals surface area contributed by atoms with Gasteiger partial charge in [-0.05, 0) is 17.2 Å². The first-order valence-electron chi connectivity index (χ1n) is 4.26. The van der Waals surface area contributed by atoms with Gasteiger partial charge in [0.25, 0.3) is 6.47 Å². The van der Waals surface area contributed by atoms with Crippen LogP contribution < -0.4 is 5.32 Å². The van der Waals surface area contributed by atoms with Crippen molar-refractivity contribution in [3.63, 3.8) is 0 Å². The molecule has 0 fully saturated rings. The molecule has 0 spiro atoms. The van der Waals surface area contributed by atoms with Gasteiger partial charge in [-0.15, -0.1) is 0 Å². The van der Waals surface area contributed by atoms with Gasteiger partial charge in [-0.25, -0.2) is 0 Å². The van der Waals surface area contributed by atoms with Crippen LogP contribution in [-0.4, -0.2) is 12.4 Å². The number of hydrogen-bond donors (Lipinski definition) is 1. The normalized spacial score (nSPS) is 13.3. The van der Waals surface area contributed by atoms with E-state index in [4.69, 9.17) is 0 Å². The zero-order chi connectivity index (χ0) is 9.97. The second-order valence-electron chi connectivity index (χ2n) is 3.12. The molecule has 1 amide bonds. The maximum Gasteiger partial charge on any atom is 0.293 e. The van der Waals surface area contributed by atoms with Gasteiger partial charge in [-0.3, -0.25) is 9.59 Å². The predicted octanol–water partition coefficient (Wildman–Crippen LogP) is 0.854. The number of rotatable bonds is 3. The van der Waals surface area contributed by atoms with Gasteiger partial charge in [0.2, 0.25) is 5.91 Å². The zero-order valence-electron chi connectivity index (χ0n) is 7.45. The molecule has 4 heteroatoms. The summed E-state index contributed by atoms with van der Waals surface area (Å²) < 4.78 is 4.61. The fraction of sp³-hybridized carbons (Fsp3) is 0.200. The van der Waals surface area contributed by atoms with E-state index in [1.807, 2.05) is 18.2 Å². The summed E-state index contributed by atoms with van der Waals surface area (Å²) in [6.07, 6.45) is 0.435. The van der Waals surface area contributed by atoms with Crippen LogP contribution in [0.2, 0.25) is 0 Å². The topological polar surface area (TPSA) is 55.4 Å². The molecule has 1 aliphatic rings. The van der Waals surface area contributed by atoms with E-state index in [1.54, 1.807) is 0 Å². The summed E-state index contributed by atoms with van der Waals surface area (Å²) in [7, 11) is 0. The zero-order valence-corrected chi connectivity index (χ0v) is 7.45. The molecule has 0 radical (unpaired) electrons. The van der Waals surface area contributed by atoms with Crippen molar-refractivity contribution in [1.29, 1.82) is 0 Å². The number of anilines is 1. The SMILES string of the molecule is O=COCc1ccc2c(c1)NC(=O)C2. The number of fused-ring (bicyclic) bond motifs is 1. The molecule has 0 aliphatic carbocycles. The van der Waals surface area contributed by atoms with Crippen molar-refractivity contribution in [1.82, 2.24) is 0 Å². The van der Waals surface area contributed by atoms with Crippen LogP contribution in [0.25, 0.3) is 0 Å². The van der Waals surface area contributed by atoms with E-state index >= 15 is 0 Å². The average molecular weight is 191 g/mol. The highest BCUT2D eigenvalue weighted by Gasteiger charge is 2.17. The number of benzene rings is 1. The van der Waals surface area contributed by atoms with Crippen LogP contribution in [0.3, 0.4) is 0 Å². The van der Waals surface area contributed by atoms with E-state index < -0.39 is 0 Å². The number of carbonyl (C=O) groups is 2. The van der Waals surface area contributed by atoms with Crippen LogP contribution >= 0.6 is 0 Å². The van der Waals surface area contributed by atoms with Crippen molar-refractivity contribution in [3.8, 4) is 0 Å². The molecule has 0 saturated heterocycles. The maximum absolute atomic E-state index is 11.0. The molecular weight excluding hydrogens is 182 g/mol. The summed E-state index contributed by atoms with van der Waals surface area (Å²) in [5, 5.41) is 2.73. The third-order valence-electron chi connectivity index (χ3n) is 2.12. The minimum absolute atomic E-state index is 0.00783. The Bertz CT molecular complexity index is 387. The maximum atomic E-state index is 11.0. The Morgan fingerprint density at radius 1 is 1.50 bits per heavy atom. The summed E-state index contributed by atoms with van der Waals surface area (Å²) in [6, 6.07) is 5.54. The first kappa shape index (κ1) is 8.74. The van der Waals surface area contributed by atoms with Gasteiger partial charge in [0, 0.05) is 5.69 Å². The van der Waals surface area contributed by atoms with Crippen molar-refractivity contribution < 1.29 is 14.3 Å². The molecule has 1 aromatic rings. The van der Waals surface area contributed by atoms with Crippen molar-refractivity contribution in [2.45, 2.75) is 13.0 Å². The molecule has 2 rings (SSSR count). The third-order valence-corrected chi connectivity index (χ3v) is 2.12. The van der Waals surface area contributed by atoms with Gasteiger partial charge in [-0.1, -0.05) is 12.1 Å². The third kappa shape index (κ3) is 1.59. The minimum Gasteiger partial charge on any atom is -0.463 e. The lowest BCUT2D eigenvalue weighted by molar-refractivity contribution is -0.129. The van der Waals surface area contributed by atoms with Crippen LogP contribution in [0.5, 0.6) is 0 Å². The molecule has 0 bridgehead atoms. The van der Waals surface area contributed by atoms with E-state index in [0.29, 0.717) is 12.9 Å². The number of nitrogens with one attached hydrogen (secondary N) is 1. The molecule has 1 aromatic carbocycles. The number of carbonyl (C=O) groups excluding carboxylic acids is 2. The lowest BCUT2D eigenvalue weighted by Gasteiger charge is -2.02. The Hall–Kier alpha value is -1.84. The molecule has 14 heavy (non-hydrogen) atoms. The fourth-order valence-corrected chi connectivity index (χ4v) is 1.48. The van der Waals surface area contributed by atoms with Gasteiger partial charge in [0.15, 0.2) is 0 Å². The molecule has 0 saturated carbocycles. The summed E-state index contributed by atoms with van der Waals surface area (Å²) >= 11 is 0. The number of hydrogen-bond acceptors (Lipinski definition) is 3. The summed E-state index contributed by atoms with van der Waals surface area (Å²) in [5.41, 5.74) is 2.69. The number of ether oxygens (including phenoxy) is 1. The van der Waals surface area contributed by atoms with Crippen molar-refractivity contribution >= 4 is 18.1 Å². The molecule has 1 aliphatic heterocycles. The first-order valence-corrected chi connectivity index (χ1v) is 4.26. The second kappa shape index (κ2) is 3.49. The van der Waals surface area contributed by atoms with Gasteiger partial charge in [-0.2, -0.15) is 0 Å². The standard InChI is InChI=1S/C10H9NO3/c12-6-14-5-7-1-2-8-4-10(13)11-9(8)3-7/h1-3,6H,4-5H2,(H,11,13). The summed E-state index contributed by atoms with van der Waals surface area (Å²) in [6.45, 7) is 0.651. The molecule has 0 atom stereocenters. The highest BCUT2D eigenvalue weighted by atomic mass is 16.5. The summed E-state index contributed by atoms with van der Waals surface area (Å²) in [4.78, 5) is 21.0. The van der Waals surface area contributed by atoms with Gasteiger partial charge < -0.3 is 10.1 Å². The Balaban J connectivity index is 2.19. The highest BCUT2D eigenvalue weighted by molar-refractivity contribution is 5.99. The van der Waals surface area contributed by atoms with Crippen LogP contribution in [0, 0.1) is 0 Å². The Kier molecular flexibility index (Phi) is 2.18. The van der Waals surface area contributed by atoms with E-state index in [0.717, 1.165) is 16.8 Å². The van der Waals surface area contributed by atoms with Gasteiger partial charge in [0.1, 0.15) is 6.61 Å². The Labute approximate surface area is 80.9 Å². The van der Waals surface area contributed by atoms with Crippen molar-refractivity contribution in [2.24, 2.45) is 0 Å². The van der Waals surface area contributed by atoms with Crippen LogP contribution in [0.15, 0.2) is 18.2 Å². The molecule has 72 valence electrons. The molecule has 1 heterocycles. The first-order chi connectivity index (χ1) is 6.79. The van der Waals surface area contributed by atoms with Crippen LogP contribution in [0.1, 0.15) is 11.1 Å². The Morgan fingerprint density at radius 2 is 2.36 bits per heavy atom. The van der Waals surface area contributed by atoms with E-state index in [2.05, 4.69) is 10.1 Å². The number of amides is 1. The molecular formula is C10H9NO3. The smallest absolute Gasteiger partial charge is 0.293 e. The second-order valence-corrected chi connectivity index (χ2v) is 3.12. The van der Waals surface area contributed by atoms with E-state index in [9.17, 15) is 9.59 Å². The highest BCUT2D eigenvalue weighted by Crippen LogP contribution is 2.24. The fourth-order valence-electron chi connectivity index (χ4n) is 1.48. The van der Waals surface area contributed by atoms with Gasteiger partial charge >= 0.3 is 0 Å². The molecule has 0 aromatic heterocycles. The van der Waals surface area contributed by atoms with Gasteiger partial charge in [0.05, 0.1) is 6.42 Å². The minimum atomic E-state index is 0.00783. The lowest BCUT2D eigenvalue weighted by atomic mass is 10.1. The quantitative estimate of drug-likeness (QED) is 0.721. The molecule has 0 unspecified atom stereocenters. The predicted molar refractivity (Wildman–Crippen MR) is 49.6 cm³/mol. The van der Waals surface area contributed by atoms with E-state index in [1.165, 1.54) is 0 Å². The van der Waals surface area contributed by atoms with Crippen LogP contribution in [0.4, 0.5) is 5.69 Å². The Morgan fingerprint density at radius 3 is 3.14 bits per heavy atom. The molecule has 1 N–H and O–H groups in total.